The summed E-state index contributed by atoms with van der Waals surface area (Å²) in [4.78, 5) is 25.6. The Balaban J connectivity index is 3.18. The summed E-state index contributed by atoms with van der Waals surface area (Å²) in [6.07, 6.45) is 2.92. The monoisotopic (exact) mass is 339 g/mol. The lowest BCUT2D eigenvalue weighted by atomic mass is 10.2. The maximum Gasteiger partial charge on any atom is 0.251 e. The third kappa shape index (κ3) is 4.48. The molecule has 0 aliphatic heterocycles. The zero-order valence-corrected chi connectivity index (χ0v) is 13.6. The van der Waals surface area contributed by atoms with Crippen molar-refractivity contribution >= 4 is 40.7 Å². The molecular weight excluding hydrogens is 325 g/mol. The Labute approximate surface area is 139 Å². The van der Waals surface area contributed by atoms with Gasteiger partial charge in [0.05, 0.1) is 16.1 Å². The number of carbonyl (C=O) groups excluding carboxylic acids is 2. The predicted molar refractivity (Wildman–Crippen MR) is 86.8 cm³/mol. The highest BCUT2D eigenvalue weighted by molar-refractivity contribution is 6.42. The number of halogens is 2. The molecule has 1 aromatic carbocycles. The summed E-state index contributed by atoms with van der Waals surface area (Å²) < 4.78 is 0. The minimum atomic E-state index is -0.811. The van der Waals surface area contributed by atoms with Crippen molar-refractivity contribution in [3.05, 3.63) is 40.4 Å². The molecule has 1 rings (SSSR count). The van der Waals surface area contributed by atoms with E-state index in [1.54, 1.807) is 32.1 Å². The number of amides is 2. The van der Waals surface area contributed by atoms with Crippen LogP contribution in [0.5, 0.6) is 0 Å². The van der Waals surface area contributed by atoms with Crippen LogP contribution in [-0.2, 0) is 9.59 Å². The van der Waals surface area contributed by atoms with Gasteiger partial charge in [-0.2, -0.15) is 5.26 Å². The van der Waals surface area contributed by atoms with E-state index in [4.69, 9.17) is 28.5 Å². The van der Waals surface area contributed by atoms with Crippen molar-refractivity contribution in [2.45, 2.75) is 19.9 Å². The average molecular weight is 340 g/mol. The molecule has 0 fully saturated rings. The fourth-order valence-corrected chi connectivity index (χ4v) is 2.08. The number of hydrogen-bond donors (Lipinski definition) is 1. The minimum absolute atomic E-state index is 0.129. The maximum atomic E-state index is 12.3. The van der Waals surface area contributed by atoms with Gasteiger partial charge in [-0.3, -0.25) is 14.5 Å². The number of anilines is 1. The fourth-order valence-electron chi connectivity index (χ4n) is 1.79. The molecule has 7 heteroatoms. The molecular formula is C15H15Cl2N3O2. The summed E-state index contributed by atoms with van der Waals surface area (Å²) in [7, 11) is 0. The standard InChI is InChI=1S/C15H15Cl2N3O2/c1-3-4-14(21)20(10(2)15(22)19-8-7-18)11-5-6-12(16)13(17)9-11/h3-6,9-10H,8H2,1-2H3,(H,19,22)/b4-3+. The van der Waals surface area contributed by atoms with Gasteiger partial charge in [0.2, 0.25) is 5.91 Å². The maximum absolute atomic E-state index is 12.3. The zero-order chi connectivity index (χ0) is 16.7. The van der Waals surface area contributed by atoms with Crippen LogP contribution < -0.4 is 10.2 Å². The summed E-state index contributed by atoms with van der Waals surface area (Å²) in [5.41, 5.74) is 0.442. The number of carbonyl (C=O) groups is 2. The van der Waals surface area contributed by atoms with Gasteiger partial charge in [0, 0.05) is 5.69 Å². The van der Waals surface area contributed by atoms with Crippen molar-refractivity contribution < 1.29 is 9.59 Å². The van der Waals surface area contributed by atoms with Gasteiger partial charge < -0.3 is 5.32 Å². The first-order chi connectivity index (χ1) is 10.4. The van der Waals surface area contributed by atoms with Gasteiger partial charge in [-0.25, -0.2) is 0 Å². The normalized spacial score (nSPS) is 11.8. The van der Waals surface area contributed by atoms with Crippen LogP contribution in [0.15, 0.2) is 30.4 Å². The molecule has 0 aromatic heterocycles. The first-order valence-corrected chi connectivity index (χ1v) is 7.23. The molecule has 0 spiro atoms. The van der Waals surface area contributed by atoms with Crippen molar-refractivity contribution in [2.75, 3.05) is 11.4 Å². The van der Waals surface area contributed by atoms with Gasteiger partial charge in [0.25, 0.3) is 5.91 Å². The Hall–Kier alpha value is -2.03. The molecule has 5 nitrogen and oxygen atoms in total. The van der Waals surface area contributed by atoms with Gasteiger partial charge in [0.15, 0.2) is 0 Å². The lowest BCUT2D eigenvalue weighted by Crippen LogP contribution is -2.48. The Morgan fingerprint density at radius 2 is 2.09 bits per heavy atom. The van der Waals surface area contributed by atoms with Crippen molar-refractivity contribution in [3.63, 3.8) is 0 Å². The third-order valence-electron chi connectivity index (χ3n) is 2.84. The molecule has 0 aliphatic rings. The van der Waals surface area contributed by atoms with E-state index in [1.165, 1.54) is 17.0 Å². The van der Waals surface area contributed by atoms with Gasteiger partial charge in [-0.1, -0.05) is 29.3 Å². The number of benzene rings is 1. The number of rotatable bonds is 5. The van der Waals surface area contributed by atoms with Crippen molar-refractivity contribution in [3.8, 4) is 6.07 Å². The van der Waals surface area contributed by atoms with Crippen LogP contribution >= 0.6 is 23.2 Å². The van der Waals surface area contributed by atoms with Gasteiger partial charge in [0.1, 0.15) is 12.6 Å². The van der Waals surface area contributed by atoms with E-state index in [0.717, 1.165) is 0 Å². The zero-order valence-electron chi connectivity index (χ0n) is 12.1. The van der Waals surface area contributed by atoms with Gasteiger partial charge in [-0.15, -0.1) is 0 Å². The van der Waals surface area contributed by atoms with Crippen LogP contribution in [0.1, 0.15) is 13.8 Å². The summed E-state index contributed by atoms with van der Waals surface area (Å²) in [5, 5.41) is 11.6. The molecule has 1 atom stereocenters. The molecule has 1 aromatic rings. The molecule has 22 heavy (non-hydrogen) atoms. The van der Waals surface area contributed by atoms with Crippen molar-refractivity contribution in [1.29, 1.82) is 5.26 Å². The molecule has 0 saturated heterocycles. The number of allylic oxidation sites excluding steroid dienone is 1. The second kappa shape index (κ2) is 8.42. The topological polar surface area (TPSA) is 73.2 Å². The highest BCUT2D eigenvalue weighted by atomic mass is 35.5. The van der Waals surface area contributed by atoms with E-state index in [-0.39, 0.29) is 17.5 Å². The molecule has 2 amide bonds. The molecule has 1 unspecified atom stereocenters. The van der Waals surface area contributed by atoms with Crippen LogP contribution in [0.3, 0.4) is 0 Å². The summed E-state index contributed by atoms with van der Waals surface area (Å²) >= 11 is 11.8. The molecule has 116 valence electrons. The fraction of sp³-hybridized carbons (Fsp3) is 0.267. The van der Waals surface area contributed by atoms with Crippen LogP contribution in [0.4, 0.5) is 5.69 Å². The highest BCUT2D eigenvalue weighted by Crippen LogP contribution is 2.28. The SMILES string of the molecule is C/C=C/C(=O)N(c1ccc(Cl)c(Cl)c1)C(C)C(=O)NCC#N. The van der Waals surface area contributed by atoms with Crippen molar-refractivity contribution in [2.24, 2.45) is 0 Å². The van der Waals surface area contributed by atoms with Crippen LogP contribution in [0.25, 0.3) is 0 Å². The molecule has 0 aliphatic carbocycles. The molecule has 0 saturated carbocycles. The van der Waals surface area contributed by atoms with E-state index < -0.39 is 11.9 Å². The van der Waals surface area contributed by atoms with Crippen LogP contribution in [-0.4, -0.2) is 24.4 Å². The Morgan fingerprint density at radius 1 is 1.41 bits per heavy atom. The Bertz CT molecular complexity index is 638. The molecule has 0 radical (unpaired) electrons. The summed E-state index contributed by atoms with van der Waals surface area (Å²) in [6, 6.07) is 5.67. The highest BCUT2D eigenvalue weighted by Gasteiger charge is 2.26. The quantitative estimate of drug-likeness (QED) is 0.662. The first kappa shape index (κ1) is 18.0. The summed E-state index contributed by atoms with van der Waals surface area (Å²) in [5.74, 6) is -0.814. The van der Waals surface area contributed by atoms with E-state index in [0.29, 0.717) is 10.7 Å². The van der Waals surface area contributed by atoms with Crippen LogP contribution in [0, 0.1) is 11.3 Å². The Kier molecular flexibility index (Phi) is 6.90. The van der Waals surface area contributed by atoms with Crippen molar-refractivity contribution in [1.82, 2.24) is 5.32 Å². The second-order valence-electron chi connectivity index (χ2n) is 4.36. The van der Waals surface area contributed by atoms with E-state index in [9.17, 15) is 9.59 Å². The van der Waals surface area contributed by atoms with E-state index in [1.807, 2.05) is 6.07 Å². The average Bonchev–Trinajstić information content (AvgIpc) is 2.48. The lowest BCUT2D eigenvalue weighted by Gasteiger charge is -2.27. The smallest absolute Gasteiger partial charge is 0.251 e. The van der Waals surface area contributed by atoms with Crippen LogP contribution in [0.2, 0.25) is 10.0 Å². The lowest BCUT2D eigenvalue weighted by molar-refractivity contribution is -0.124. The largest absolute Gasteiger partial charge is 0.341 e. The van der Waals surface area contributed by atoms with E-state index >= 15 is 0 Å². The minimum Gasteiger partial charge on any atom is -0.341 e. The Morgan fingerprint density at radius 3 is 2.64 bits per heavy atom. The first-order valence-electron chi connectivity index (χ1n) is 6.48. The number of nitrogens with one attached hydrogen (secondary N) is 1. The van der Waals surface area contributed by atoms with E-state index in [2.05, 4.69) is 5.32 Å². The number of nitrogens with zero attached hydrogens (tertiary/aromatic N) is 2. The summed E-state index contributed by atoms with van der Waals surface area (Å²) in [6.45, 7) is 3.14. The number of nitriles is 1. The van der Waals surface area contributed by atoms with Gasteiger partial charge in [-0.05, 0) is 38.1 Å². The predicted octanol–water partition coefficient (Wildman–Crippen LogP) is 2.93. The number of hydrogen-bond acceptors (Lipinski definition) is 3. The second-order valence-corrected chi connectivity index (χ2v) is 5.17. The third-order valence-corrected chi connectivity index (χ3v) is 3.58. The molecule has 1 N–H and O–H groups in total. The van der Waals surface area contributed by atoms with Gasteiger partial charge >= 0.3 is 0 Å². The molecule has 0 bridgehead atoms. The molecule has 0 heterocycles.